The molecule has 2 unspecified atom stereocenters. The molecule has 104 valence electrons. The Labute approximate surface area is 122 Å². The summed E-state index contributed by atoms with van der Waals surface area (Å²) in [7, 11) is 0. The molecule has 0 saturated heterocycles. The number of carbonyl (C=O) groups is 1. The molecule has 19 heavy (non-hydrogen) atoms. The number of hydrogen-bond donors (Lipinski definition) is 2. The number of amides is 1. The van der Waals surface area contributed by atoms with E-state index in [1.165, 1.54) is 0 Å². The summed E-state index contributed by atoms with van der Waals surface area (Å²) in [5.74, 6) is -0.00983. The summed E-state index contributed by atoms with van der Waals surface area (Å²) < 4.78 is 0. The second-order valence-electron chi connectivity index (χ2n) is 4.94. The first-order valence-corrected chi connectivity index (χ1v) is 7.24. The lowest BCUT2D eigenvalue weighted by Crippen LogP contribution is -2.43. The molecular formula is C14H17Cl2NO2. The fraction of sp³-hybridized carbons (Fsp3) is 0.500. The number of aliphatic hydroxyl groups excluding tert-OH is 1. The Morgan fingerprint density at radius 1 is 1.26 bits per heavy atom. The molecule has 3 nitrogen and oxygen atoms in total. The molecular weight excluding hydrogens is 285 g/mol. The van der Waals surface area contributed by atoms with Crippen molar-refractivity contribution >= 4 is 29.1 Å². The maximum atomic E-state index is 12.1. The molecule has 0 heterocycles. The van der Waals surface area contributed by atoms with E-state index in [1.54, 1.807) is 18.2 Å². The highest BCUT2D eigenvalue weighted by Crippen LogP contribution is 2.25. The zero-order chi connectivity index (χ0) is 13.8. The Balaban J connectivity index is 2.05. The average molecular weight is 302 g/mol. The molecule has 0 aromatic heterocycles. The molecule has 2 N–H and O–H groups in total. The van der Waals surface area contributed by atoms with E-state index in [1.807, 2.05) is 0 Å². The highest BCUT2D eigenvalue weighted by atomic mass is 35.5. The topological polar surface area (TPSA) is 49.3 Å². The maximum absolute atomic E-state index is 12.1. The van der Waals surface area contributed by atoms with E-state index in [2.05, 4.69) is 5.32 Å². The van der Waals surface area contributed by atoms with Gasteiger partial charge in [0, 0.05) is 24.1 Å². The molecule has 0 bridgehead atoms. The number of hydrogen-bond acceptors (Lipinski definition) is 2. The van der Waals surface area contributed by atoms with Gasteiger partial charge in [-0.05, 0) is 31.0 Å². The lowest BCUT2D eigenvalue weighted by molar-refractivity contribution is 0.0872. The molecule has 1 aliphatic carbocycles. The largest absolute Gasteiger partial charge is 0.396 e. The standard InChI is InChI=1S/C14H17Cl2NO2/c15-11-6-5-9(7-12(11)16)14(19)17-13-4-2-1-3-10(13)8-18/h5-7,10,13,18H,1-4,8H2,(H,17,19). The third-order valence-corrected chi connectivity index (χ3v) is 4.38. The van der Waals surface area contributed by atoms with Gasteiger partial charge in [-0.1, -0.05) is 36.0 Å². The first kappa shape index (κ1) is 14.6. The van der Waals surface area contributed by atoms with Gasteiger partial charge in [0.05, 0.1) is 10.0 Å². The lowest BCUT2D eigenvalue weighted by Gasteiger charge is -2.30. The maximum Gasteiger partial charge on any atom is 0.251 e. The lowest BCUT2D eigenvalue weighted by atomic mass is 9.85. The van der Waals surface area contributed by atoms with Crippen molar-refractivity contribution in [3.8, 4) is 0 Å². The summed E-state index contributed by atoms with van der Waals surface area (Å²) in [6.07, 6.45) is 4.08. The second kappa shape index (κ2) is 6.60. The van der Waals surface area contributed by atoms with Gasteiger partial charge in [0.1, 0.15) is 0 Å². The van der Waals surface area contributed by atoms with Crippen molar-refractivity contribution in [3.63, 3.8) is 0 Å². The zero-order valence-corrected chi connectivity index (χ0v) is 12.0. The van der Waals surface area contributed by atoms with Crippen molar-refractivity contribution in [2.24, 2.45) is 5.92 Å². The summed E-state index contributed by atoms with van der Waals surface area (Å²) >= 11 is 11.7. The van der Waals surface area contributed by atoms with Crippen molar-refractivity contribution in [1.82, 2.24) is 5.32 Å². The van der Waals surface area contributed by atoms with Gasteiger partial charge >= 0.3 is 0 Å². The number of nitrogens with one attached hydrogen (secondary N) is 1. The molecule has 1 aliphatic rings. The number of aliphatic hydroxyl groups is 1. The normalized spacial score (nSPS) is 23.1. The minimum Gasteiger partial charge on any atom is -0.396 e. The molecule has 0 spiro atoms. The monoisotopic (exact) mass is 301 g/mol. The van der Waals surface area contributed by atoms with Gasteiger partial charge in [0.15, 0.2) is 0 Å². The van der Waals surface area contributed by atoms with Crippen LogP contribution in [0.25, 0.3) is 0 Å². The van der Waals surface area contributed by atoms with E-state index in [4.69, 9.17) is 23.2 Å². The van der Waals surface area contributed by atoms with E-state index in [-0.39, 0.29) is 24.5 Å². The van der Waals surface area contributed by atoms with Crippen LogP contribution in [0.5, 0.6) is 0 Å². The number of carbonyl (C=O) groups excluding carboxylic acids is 1. The molecule has 1 aromatic rings. The van der Waals surface area contributed by atoms with Gasteiger partial charge in [-0.15, -0.1) is 0 Å². The van der Waals surface area contributed by atoms with E-state index in [0.717, 1.165) is 25.7 Å². The highest BCUT2D eigenvalue weighted by molar-refractivity contribution is 6.42. The number of halogens is 2. The van der Waals surface area contributed by atoms with E-state index in [0.29, 0.717) is 15.6 Å². The van der Waals surface area contributed by atoms with Gasteiger partial charge in [0.2, 0.25) is 0 Å². The fourth-order valence-corrected chi connectivity index (χ4v) is 2.80. The molecule has 1 amide bonds. The summed E-state index contributed by atoms with van der Waals surface area (Å²) in [5, 5.41) is 13.1. The smallest absolute Gasteiger partial charge is 0.251 e. The molecule has 1 fully saturated rings. The van der Waals surface area contributed by atoms with Crippen LogP contribution in [-0.2, 0) is 0 Å². The summed E-state index contributed by atoms with van der Waals surface area (Å²) in [6, 6.07) is 4.88. The van der Waals surface area contributed by atoms with Crippen LogP contribution in [0.3, 0.4) is 0 Å². The van der Waals surface area contributed by atoms with Crippen molar-refractivity contribution in [2.45, 2.75) is 31.7 Å². The minimum absolute atomic E-state index is 0.0423. The van der Waals surface area contributed by atoms with E-state index >= 15 is 0 Å². The SMILES string of the molecule is O=C(NC1CCCCC1CO)c1ccc(Cl)c(Cl)c1. The van der Waals surface area contributed by atoms with E-state index < -0.39 is 0 Å². The minimum atomic E-state index is -0.163. The predicted molar refractivity (Wildman–Crippen MR) is 76.8 cm³/mol. The van der Waals surface area contributed by atoms with Crippen molar-refractivity contribution < 1.29 is 9.90 Å². The molecule has 1 saturated carbocycles. The summed E-state index contributed by atoms with van der Waals surface area (Å²) in [6.45, 7) is 0.117. The first-order chi connectivity index (χ1) is 9.11. The molecule has 5 heteroatoms. The Morgan fingerprint density at radius 2 is 2.00 bits per heavy atom. The van der Waals surface area contributed by atoms with Gasteiger partial charge in [-0.25, -0.2) is 0 Å². The Bertz CT molecular complexity index is 465. The Hall–Kier alpha value is -0.770. The average Bonchev–Trinajstić information content (AvgIpc) is 2.42. The summed E-state index contributed by atoms with van der Waals surface area (Å²) in [5.41, 5.74) is 0.497. The van der Waals surface area contributed by atoms with Crippen LogP contribution in [-0.4, -0.2) is 23.7 Å². The van der Waals surface area contributed by atoms with Crippen LogP contribution in [0, 0.1) is 5.92 Å². The van der Waals surface area contributed by atoms with Gasteiger partial charge in [-0.3, -0.25) is 4.79 Å². The van der Waals surface area contributed by atoms with Crippen LogP contribution in [0.2, 0.25) is 10.0 Å². The molecule has 0 aliphatic heterocycles. The third kappa shape index (κ3) is 3.62. The first-order valence-electron chi connectivity index (χ1n) is 6.48. The molecule has 2 rings (SSSR count). The third-order valence-electron chi connectivity index (χ3n) is 3.64. The predicted octanol–water partition coefficient (Wildman–Crippen LogP) is 3.27. The van der Waals surface area contributed by atoms with Crippen molar-refractivity contribution in [1.29, 1.82) is 0 Å². The van der Waals surface area contributed by atoms with Crippen LogP contribution >= 0.6 is 23.2 Å². The zero-order valence-electron chi connectivity index (χ0n) is 10.5. The van der Waals surface area contributed by atoms with E-state index in [9.17, 15) is 9.90 Å². The van der Waals surface area contributed by atoms with Gasteiger partial charge in [0.25, 0.3) is 5.91 Å². The Morgan fingerprint density at radius 3 is 2.68 bits per heavy atom. The van der Waals surface area contributed by atoms with Crippen LogP contribution in [0.15, 0.2) is 18.2 Å². The summed E-state index contributed by atoms with van der Waals surface area (Å²) in [4.78, 5) is 12.1. The molecule has 2 atom stereocenters. The van der Waals surface area contributed by atoms with Crippen LogP contribution < -0.4 is 5.32 Å². The van der Waals surface area contributed by atoms with Crippen LogP contribution in [0.4, 0.5) is 0 Å². The fourth-order valence-electron chi connectivity index (χ4n) is 2.51. The van der Waals surface area contributed by atoms with Gasteiger partial charge < -0.3 is 10.4 Å². The highest BCUT2D eigenvalue weighted by Gasteiger charge is 2.26. The van der Waals surface area contributed by atoms with Crippen molar-refractivity contribution in [2.75, 3.05) is 6.61 Å². The van der Waals surface area contributed by atoms with Gasteiger partial charge in [-0.2, -0.15) is 0 Å². The van der Waals surface area contributed by atoms with Crippen molar-refractivity contribution in [3.05, 3.63) is 33.8 Å². The molecule has 1 aromatic carbocycles. The molecule has 0 radical (unpaired) electrons. The quantitative estimate of drug-likeness (QED) is 0.900. The number of benzene rings is 1. The number of rotatable bonds is 3. The Kier molecular flexibility index (Phi) is 5.08. The second-order valence-corrected chi connectivity index (χ2v) is 5.75. The van der Waals surface area contributed by atoms with Crippen LogP contribution in [0.1, 0.15) is 36.0 Å².